The van der Waals surface area contributed by atoms with Crippen molar-refractivity contribution in [1.82, 2.24) is 25.1 Å². The molecule has 1 amide bonds. The number of hydrogen-bond donors (Lipinski definition) is 1. The quantitative estimate of drug-likeness (QED) is 0.420. The second-order valence-corrected chi connectivity index (χ2v) is 9.78. The van der Waals surface area contributed by atoms with Gasteiger partial charge in [0, 0.05) is 29.6 Å². The molecule has 180 valence electrons. The summed E-state index contributed by atoms with van der Waals surface area (Å²) in [4.78, 5) is 15.2. The molecular weight excluding hydrogens is 460 g/mol. The van der Waals surface area contributed by atoms with E-state index in [1.54, 1.807) is 4.52 Å². The number of piperidine rings is 1. The molecule has 1 atom stereocenters. The van der Waals surface area contributed by atoms with E-state index in [1.807, 2.05) is 36.4 Å². The fourth-order valence-corrected chi connectivity index (χ4v) is 4.94. The van der Waals surface area contributed by atoms with E-state index in [-0.39, 0.29) is 17.9 Å². The third-order valence-corrected chi connectivity index (χ3v) is 7.04. The Morgan fingerprint density at radius 2 is 1.77 bits per heavy atom. The van der Waals surface area contributed by atoms with Crippen LogP contribution in [0.5, 0.6) is 0 Å². The van der Waals surface area contributed by atoms with Crippen LogP contribution in [0.25, 0.3) is 17.0 Å². The minimum absolute atomic E-state index is 0.00252. The highest BCUT2D eigenvalue weighted by Gasteiger charge is 2.27. The van der Waals surface area contributed by atoms with Crippen LogP contribution in [0.2, 0.25) is 5.02 Å². The number of nitrogens with one attached hydrogen (secondary N) is 1. The lowest BCUT2D eigenvalue weighted by Gasteiger charge is -2.32. The summed E-state index contributed by atoms with van der Waals surface area (Å²) in [6.07, 6.45) is 1.58. The topological polar surface area (TPSA) is 75.4 Å². The van der Waals surface area contributed by atoms with Crippen molar-refractivity contribution >= 4 is 29.0 Å². The third-order valence-electron chi connectivity index (χ3n) is 6.79. The van der Waals surface area contributed by atoms with Crippen LogP contribution < -0.4 is 10.2 Å². The van der Waals surface area contributed by atoms with Crippen LogP contribution in [-0.2, 0) is 4.79 Å². The molecule has 1 unspecified atom stereocenters. The lowest BCUT2D eigenvalue weighted by Crippen LogP contribution is -2.41. The highest BCUT2D eigenvalue weighted by Crippen LogP contribution is 2.26. The molecule has 0 radical (unpaired) electrons. The van der Waals surface area contributed by atoms with Crippen LogP contribution in [0.3, 0.4) is 0 Å². The summed E-state index contributed by atoms with van der Waals surface area (Å²) in [5, 5.41) is 17.3. The maximum atomic E-state index is 13.0. The molecule has 1 fully saturated rings. The summed E-state index contributed by atoms with van der Waals surface area (Å²) >= 11 is 6.03. The Morgan fingerprint density at radius 1 is 1.03 bits per heavy atom. The summed E-state index contributed by atoms with van der Waals surface area (Å²) in [5.41, 5.74) is 5.20. The molecular formula is C27H29ClN6O. The number of fused-ring (bicyclic) bond motifs is 1. The van der Waals surface area contributed by atoms with Gasteiger partial charge < -0.3 is 10.2 Å². The van der Waals surface area contributed by atoms with E-state index in [0.29, 0.717) is 16.5 Å². The SMILES string of the molecule is Cc1ccc(C(C)NC(=O)C2CCN(c3ccc4nnc(-c5ccc(Cl)cc5)n4n3)CC2)c(C)c1. The lowest BCUT2D eigenvalue weighted by molar-refractivity contribution is -0.126. The Hall–Kier alpha value is -3.45. The van der Waals surface area contributed by atoms with Gasteiger partial charge in [-0.05, 0) is 81.1 Å². The smallest absolute Gasteiger partial charge is 0.223 e. The zero-order valence-corrected chi connectivity index (χ0v) is 21.0. The molecule has 0 bridgehead atoms. The maximum absolute atomic E-state index is 13.0. The van der Waals surface area contributed by atoms with Crippen molar-refractivity contribution in [2.75, 3.05) is 18.0 Å². The first-order valence-corrected chi connectivity index (χ1v) is 12.4. The van der Waals surface area contributed by atoms with Crippen LogP contribution >= 0.6 is 11.6 Å². The average molecular weight is 489 g/mol. The van der Waals surface area contributed by atoms with Gasteiger partial charge in [0.2, 0.25) is 5.91 Å². The van der Waals surface area contributed by atoms with Gasteiger partial charge in [-0.2, -0.15) is 4.52 Å². The predicted octanol–water partition coefficient (Wildman–Crippen LogP) is 5.16. The molecule has 0 aliphatic carbocycles. The molecule has 35 heavy (non-hydrogen) atoms. The van der Waals surface area contributed by atoms with Crippen molar-refractivity contribution in [2.24, 2.45) is 5.92 Å². The Bertz CT molecular complexity index is 1360. The summed E-state index contributed by atoms with van der Waals surface area (Å²) in [7, 11) is 0. The first-order valence-electron chi connectivity index (χ1n) is 12.0. The maximum Gasteiger partial charge on any atom is 0.223 e. The number of anilines is 1. The minimum atomic E-state index is -0.00904. The molecule has 0 saturated carbocycles. The first kappa shape index (κ1) is 23.3. The van der Waals surface area contributed by atoms with E-state index in [9.17, 15) is 4.79 Å². The highest BCUT2D eigenvalue weighted by molar-refractivity contribution is 6.30. The van der Waals surface area contributed by atoms with Crippen molar-refractivity contribution < 1.29 is 4.79 Å². The van der Waals surface area contributed by atoms with E-state index in [1.165, 1.54) is 16.7 Å². The zero-order valence-electron chi connectivity index (χ0n) is 20.2. The molecule has 1 aliphatic rings. The van der Waals surface area contributed by atoms with E-state index in [0.717, 1.165) is 37.3 Å². The molecule has 4 aromatic rings. The molecule has 3 heterocycles. The Labute approximate surface area is 210 Å². The van der Waals surface area contributed by atoms with Crippen molar-refractivity contribution in [3.8, 4) is 11.4 Å². The van der Waals surface area contributed by atoms with Gasteiger partial charge in [-0.1, -0.05) is 35.4 Å². The van der Waals surface area contributed by atoms with Crippen LogP contribution in [0.4, 0.5) is 5.82 Å². The van der Waals surface area contributed by atoms with E-state index in [4.69, 9.17) is 16.7 Å². The predicted molar refractivity (Wildman–Crippen MR) is 139 cm³/mol. The van der Waals surface area contributed by atoms with Gasteiger partial charge in [-0.15, -0.1) is 15.3 Å². The van der Waals surface area contributed by atoms with Gasteiger partial charge in [0.15, 0.2) is 11.5 Å². The number of aromatic nitrogens is 4. The molecule has 8 heteroatoms. The van der Waals surface area contributed by atoms with Crippen LogP contribution in [0.1, 0.15) is 42.5 Å². The highest BCUT2D eigenvalue weighted by atomic mass is 35.5. The van der Waals surface area contributed by atoms with Crippen LogP contribution in [-0.4, -0.2) is 38.8 Å². The van der Waals surface area contributed by atoms with Crippen molar-refractivity contribution in [1.29, 1.82) is 0 Å². The Balaban J connectivity index is 1.25. The molecule has 7 nitrogen and oxygen atoms in total. The molecule has 1 N–H and O–H groups in total. The van der Waals surface area contributed by atoms with Gasteiger partial charge in [0.25, 0.3) is 0 Å². The second-order valence-electron chi connectivity index (χ2n) is 9.34. The summed E-state index contributed by atoms with van der Waals surface area (Å²) in [5.74, 6) is 1.66. The van der Waals surface area contributed by atoms with E-state index in [2.05, 4.69) is 59.4 Å². The minimum Gasteiger partial charge on any atom is -0.355 e. The number of amides is 1. The van der Waals surface area contributed by atoms with Crippen molar-refractivity contribution in [3.05, 3.63) is 76.3 Å². The molecule has 2 aromatic heterocycles. The fraction of sp³-hybridized carbons (Fsp3) is 0.333. The average Bonchev–Trinajstić information content (AvgIpc) is 3.28. The number of carbonyl (C=O) groups excluding carboxylic acids is 1. The summed E-state index contributed by atoms with van der Waals surface area (Å²) in [6.45, 7) is 7.78. The first-order chi connectivity index (χ1) is 16.9. The number of carbonyl (C=O) groups is 1. The van der Waals surface area contributed by atoms with E-state index >= 15 is 0 Å². The van der Waals surface area contributed by atoms with Gasteiger partial charge in [0.05, 0.1) is 6.04 Å². The monoisotopic (exact) mass is 488 g/mol. The Kier molecular flexibility index (Phi) is 6.43. The van der Waals surface area contributed by atoms with Gasteiger partial charge in [-0.25, -0.2) is 0 Å². The second kappa shape index (κ2) is 9.66. The molecule has 5 rings (SSSR count). The van der Waals surface area contributed by atoms with Gasteiger partial charge in [0.1, 0.15) is 5.82 Å². The van der Waals surface area contributed by atoms with E-state index < -0.39 is 0 Å². The lowest BCUT2D eigenvalue weighted by atomic mass is 9.94. The normalized spacial score (nSPS) is 15.4. The third kappa shape index (κ3) is 4.86. The Morgan fingerprint density at radius 3 is 2.49 bits per heavy atom. The largest absolute Gasteiger partial charge is 0.355 e. The van der Waals surface area contributed by atoms with Crippen molar-refractivity contribution in [2.45, 2.75) is 39.7 Å². The number of benzene rings is 2. The molecule has 2 aromatic carbocycles. The molecule has 0 spiro atoms. The standard InChI is InChI=1S/C27H29ClN6O/c1-17-4-9-23(18(2)16-17)19(3)29-27(35)21-12-14-33(15-13-21)25-11-10-24-30-31-26(34(24)32-25)20-5-7-22(28)8-6-20/h4-11,16,19,21H,12-15H2,1-3H3,(H,29,35). The van der Waals surface area contributed by atoms with Crippen LogP contribution in [0.15, 0.2) is 54.6 Å². The number of nitrogens with zero attached hydrogens (tertiary/aromatic N) is 5. The van der Waals surface area contributed by atoms with Gasteiger partial charge in [-0.3, -0.25) is 4.79 Å². The molecule has 1 saturated heterocycles. The number of aryl methyl sites for hydroxylation is 2. The number of hydrogen-bond acceptors (Lipinski definition) is 5. The zero-order chi connectivity index (χ0) is 24.5. The van der Waals surface area contributed by atoms with Crippen molar-refractivity contribution in [3.63, 3.8) is 0 Å². The summed E-state index contributed by atoms with van der Waals surface area (Å²) < 4.78 is 1.77. The molecule has 1 aliphatic heterocycles. The summed E-state index contributed by atoms with van der Waals surface area (Å²) in [6, 6.07) is 17.8. The number of rotatable bonds is 5. The number of halogens is 1. The van der Waals surface area contributed by atoms with Gasteiger partial charge >= 0.3 is 0 Å². The van der Waals surface area contributed by atoms with Crippen LogP contribution in [0, 0.1) is 19.8 Å². The fourth-order valence-electron chi connectivity index (χ4n) is 4.82.